The van der Waals surface area contributed by atoms with Crippen LogP contribution in [0.4, 0.5) is 5.69 Å². The SMILES string of the molecule is CC(=O)Nc1ccccc1S(=O)[O-].[Na+]. The second kappa shape index (κ2) is 6.31. The fourth-order valence-corrected chi connectivity index (χ4v) is 1.39. The number of para-hydroxylation sites is 1. The van der Waals surface area contributed by atoms with Crippen molar-refractivity contribution in [1.29, 1.82) is 0 Å². The fourth-order valence-electron chi connectivity index (χ4n) is 0.905. The van der Waals surface area contributed by atoms with Gasteiger partial charge in [-0.1, -0.05) is 12.1 Å². The molecule has 0 aromatic heterocycles. The van der Waals surface area contributed by atoms with Crippen LogP contribution in [0.5, 0.6) is 0 Å². The van der Waals surface area contributed by atoms with E-state index in [1.165, 1.54) is 19.1 Å². The van der Waals surface area contributed by atoms with E-state index >= 15 is 0 Å². The van der Waals surface area contributed by atoms with Gasteiger partial charge in [-0.05, 0) is 23.2 Å². The average molecular weight is 221 g/mol. The van der Waals surface area contributed by atoms with Crippen LogP contribution in [0.3, 0.4) is 0 Å². The maximum absolute atomic E-state index is 10.7. The van der Waals surface area contributed by atoms with Crippen molar-refractivity contribution in [2.75, 3.05) is 5.32 Å². The number of rotatable bonds is 2. The van der Waals surface area contributed by atoms with E-state index in [0.717, 1.165) is 0 Å². The Morgan fingerprint density at radius 1 is 1.43 bits per heavy atom. The van der Waals surface area contributed by atoms with E-state index in [0.29, 0.717) is 5.69 Å². The predicted octanol–water partition coefficient (Wildman–Crippen LogP) is -2.11. The van der Waals surface area contributed by atoms with Gasteiger partial charge in [0.25, 0.3) is 0 Å². The summed E-state index contributed by atoms with van der Waals surface area (Å²) in [5.74, 6) is -0.294. The molecule has 1 amide bonds. The smallest absolute Gasteiger partial charge is 0.768 e. The molecule has 0 aliphatic rings. The molecule has 0 aliphatic carbocycles. The van der Waals surface area contributed by atoms with Crippen molar-refractivity contribution < 1.29 is 43.1 Å². The van der Waals surface area contributed by atoms with Gasteiger partial charge in [-0.25, -0.2) is 0 Å². The molecule has 1 atom stereocenters. The second-order valence-corrected chi connectivity index (χ2v) is 3.32. The van der Waals surface area contributed by atoms with Crippen LogP contribution in [-0.4, -0.2) is 14.7 Å². The quantitative estimate of drug-likeness (QED) is 0.459. The molecule has 1 aromatic carbocycles. The van der Waals surface area contributed by atoms with Gasteiger partial charge in [0.15, 0.2) is 0 Å². The molecule has 0 aliphatic heterocycles. The number of benzene rings is 1. The van der Waals surface area contributed by atoms with Crippen molar-refractivity contribution in [1.82, 2.24) is 0 Å². The Balaban J connectivity index is 0.00000169. The third kappa shape index (κ3) is 3.89. The van der Waals surface area contributed by atoms with Crippen LogP contribution < -0.4 is 34.9 Å². The number of nitrogens with one attached hydrogen (secondary N) is 1. The molecule has 1 aromatic rings. The van der Waals surface area contributed by atoms with E-state index in [2.05, 4.69) is 5.32 Å². The summed E-state index contributed by atoms with van der Waals surface area (Å²) in [7, 11) is 0. The predicted molar refractivity (Wildman–Crippen MR) is 47.9 cm³/mol. The summed E-state index contributed by atoms with van der Waals surface area (Å²) >= 11 is -2.32. The van der Waals surface area contributed by atoms with Crippen molar-refractivity contribution >= 4 is 22.7 Å². The minimum atomic E-state index is -2.32. The maximum atomic E-state index is 10.7. The second-order valence-electron chi connectivity index (χ2n) is 2.41. The van der Waals surface area contributed by atoms with Gasteiger partial charge in [-0.15, -0.1) is 0 Å². The first-order chi connectivity index (χ1) is 6.11. The van der Waals surface area contributed by atoms with Gasteiger partial charge in [0.2, 0.25) is 5.91 Å². The molecule has 14 heavy (non-hydrogen) atoms. The van der Waals surface area contributed by atoms with Crippen molar-refractivity contribution in [2.24, 2.45) is 0 Å². The summed E-state index contributed by atoms with van der Waals surface area (Å²) in [6.45, 7) is 1.32. The topological polar surface area (TPSA) is 69.2 Å². The van der Waals surface area contributed by atoms with Gasteiger partial charge < -0.3 is 9.87 Å². The van der Waals surface area contributed by atoms with E-state index in [-0.39, 0.29) is 40.4 Å². The van der Waals surface area contributed by atoms with Crippen LogP contribution in [0.2, 0.25) is 0 Å². The summed E-state index contributed by atoms with van der Waals surface area (Å²) in [5, 5.41) is 2.42. The van der Waals surface area contributed by atoms with Gasteiger partial charge in [0, 0.05) is 11.8 Å². The number of carbonyl (C=O) groups is 1. The first-order valence-corrected chi connectivity index (χ1v) is 4.64. The molecule has 6 heteroatoms. The molecule has 0 spiro atoms. The zero-order valence-electron chi connectivity index (χ0n) is 7.94. The van der Waals surface area contributed by atoms with E-state index in [1.54, 1.807) is 12.1 Å². The van der Waals surface area contributed by atoms with E-state index in [1.807, 2.05) is 0 Å². The summed E-state index contributed by atoms with van der Waals surface area (Å²) in [6, 6.07) is 6.21. The van der Waals surface area contributed by atoms with Crippen molar-refractivity contribution in [2.45, 2.75) is 11.8 Å². The van der Waals surface area contributed by atoms with Crippen LogP contribution in [0.25, 0.3) is 0 Å². The average Bonchev–Trinajstić information content (AvgIpc) is 2.03. The Hall–Kier alpha value is -0.200. The van der Waals surface area contributed by atoms with E-state index in [9.17, 15) is 13.6 Å². The Morgan fingerprint density at radius 3 is 2.50 bits per heavy atom. The number of hydrogen-bond donors (Lipinski definition) is 1. The molecule has 0 saturated carbocycles. The summed E-state index contributed by atoms with van der Waals surface area (Å²) < 4.78 is 21.3. The van der Waals surface area contributed by atoms with Gasteiger partial charge in [0.05, 0.1) is 5.69 Å². The monoisotopic (exact) mass is 221 g/mol. The molecule has 0 bridgehead atoms. The normalized spacial score (nSPS) is 11.3. The van der Waals surface area contributed by atoms with Crippen molar-refractivity contribution in [3.63, 3.8) is 0 Å². The Labute approximate surface area is 107 Å². The molecule has 1 N–H and O–H groups in total. The molecule has 0 radical (unpaired) electrons. The van der Waals surface area contributed by atoms with Crippen molar-refractivity contribution in [3.05, 3.63) is 24.3 Å². The molecule has 4 nitrogen and oxygen atoms in total. The zero-order valence-corrected chi connectivity index (χ0v) is 10.8. The van der Waals surface area contributed by atoms with Crippen LogP contribution in [-0.2, 0) is 15.9 Å². The van der Waals surface area contributed by atoms with Gasteiger partial charge in [-0.3, -0.25) is 9.00 Å². The van der Waals surface area contributed by atoms with Crippen LogP contribution in [0.1, 0.15) is 6.92 Å². The fraction of sp³-hybridized carbons (Fsp3) is 0.125. The third-order valence-electron chi connectivity index (χ3n) is 1.38. The third-order valence-corrected chi connectivity index (χ3v) is 2.09. The van der Waals surface area contributed by atoms with E-state index < -0.39 is 11.1 Å². The van der Waals surface area contributed by atoms with Gasteiger partial charge in [0.1, 0.15) is 0 Å². The molecular formula is C8H8NNaO3S. The summed E-state index contributed by atoms with van der Waals surface area (Å²) in [5.41, 5.74) is 0.309. The number of carbonyl (C=O) groups excluding carboxylic acids is 1. The molecule has 1 unspecified atom stereocenters. The Morgan fingerprint density at radius 2 is 2.00 bits per heavy atom. The number of anilines is 1. The molecular weight excluding hydrogens is 213 g/mol. The minimum absolute atomic E-state index is 0. The van der Waals surface area contributed by atoms with Crippen LogP contribution >= 0.6 is 0 Å². The molecule has 70 valence electrons. The number of hydrogen-bond acceptors (Lipinski definition) is 3. The van der Waals surface area contributed by atoms with E-state index in [4.69, 9.17) is 0 Å². The zero-order chi connectivity index (χ0) is 9.84. The molecule has 0 fully saturated rings. The largest absolute Gasteiger partial charge is 1.00 e. The minimum Gasteiger partial charge on any atom is -0.768 e. The Kier molecular flexibility index (Phi) is 6.22. The first kappa shape index (κ1) is 13.8. The van der Waals surface area contributed by atoms with Gasteiger partial charge >= 0.3 is 29.6 Å². The van der Waals surface area contributed by atoms with Gasteiger partial charge in [-0.2, -0.15) is 0 Å². The number of amides is 1. The van der Waals surface area contributed by atoms with Crippen LogP contribution in [0, 0.1) is 0 Å². The van der Waals surface area contributed by atoms with Crippen LogP contribution in [0.15, 0.2) is 29.2 Å². The summed E-state index contributed by atoms with van der Waals surface area (Å²) in [6.07, 6.45) is 0. The molecule has 0 saturated heterocycles. The molecule has 1 rings (SSSR count). The molecule has 0 heterocycles. The standard InChI is InChI=1S/C8H9NO3S.Na/c1-6(10)9-7-4-2-3-5-8(7)13(11)12;/h2-5H,1H3,(H,9,10)(H,11,12);/q;+1/p-1. The summed E-state index contributed by atoms with van der Waals surface area (Å²) in [4.78, 5) is 10.8. The Bertz CT molecular complexity index is 356. The van der Waals surface area contributed by atoms with Crippen molar-refractivity contribution in [3.8, 4) is 0 Å². The first-order valence-electron chi connectivity index (χ1n) is 3.57. The maximum Gasteiger partial charge on any atom is 1.00 e.